The predicted octanol–water partition coefficient (Wildman–Crippen LogP) is 3.11. The fraction of sp³-hybridized carbons (Fsp3) is 0.118. The summed E-state index contributed by atoms with van der Waals surface area (Å²) in [6.45, 7) is 1.40. The molecule has 2 rings (SSSR count). The van der Waals surface area contributed by atoms with Crippen molar-refractivity contribution >= 4 is 40.3 Å². The first-order chi connectivity index (χ1) is 11.8. The predicted molar refractivity (Wildman–Crippen MR) is 93.6 cm³/mol. The van der Waals surface area contributed by atoms with Gasteiger partial charge in [-0.15, -0.1) is 11.3 Å². The van der Waals surface area contributed by atoms with Gasteiger partial charge in [-0.05, 0) is 36.3 Å². The first-order valence-electron chi connectivity index (χ1n) is 7.06. The van der Waals surface area contributed by atoms with Crippen LogP contribution in [0.4, 0.5) is 5.00 Å². The molecule has 2 aromatic rings. The normalized spacial score (nSPS) is 10.6. The number of carbonyl (C=O) groups is 3. The van der Waals surface area contributed by atoms with E-state index in [0.29, 0.717) is 17.1 Å². The van der Waals surface area contributed by atoms with Gasteiger partial charge in [0.1, 0.15) is 15.6 Å². The van der Waals surface area contributed by atoms with Crippen molar-refractivity contribution in [3.8, 4) is 5.75 Å². The van der Waals surface area contributed by atoms with Gasteiger partial charge in [-0.25, -0.2) is 9.59 Å². The van der Waals surface area contributed by atoms with Crippen LogP contribution < -0.4 is 10.1 Å². The van der Waals surface area contributed by atoms with Crippen LogP contribution in [0.3, 0.4) is 0 Å². The van der Waals surface area contributed by atoms with E-state index in [1.54, 1.807) is 37.5 Å². The van der Waals surface area contributed by atoms with Crippen LogP contribution in [-0.2, 0) is 4.79 Å². The van der Waals surface area contributed by atoms with Crippen molar-refractivity contribution in [2.75, 3.05) is 12.4 Å². The molecule has 25 heavy (non-hydrogen) atoms. The number of thiophene rings is 1. The maximum absolute atomic E-state index is 12.0. The van der Waals surface area contributed by atoms with Crippen LogP contribution in [0.25, 0.3) is 6.08 Å². The maximum Gasteiger partial charge on any atom is 0.346 e. The van der Waals surface area contributed by atoms with Gasteiger partial charge >= 0.3 is 11.9 Å². The number of hydrogen-bond acceptors (Lipinski definition) is 5. The van der Waals surface area contributed by atoms with E-state index in [2.05, 4.69) is 5.32 Å². The Morgan fingerprint density at radius 2 is 1.76 bits per heavy atom. The molecule has 0 fully saturated rings. The number of rotatable bonds is 6. The highest BCUT2D eigenvalue weighted by atomic mass is 32.1. The minimum Gasteiger partial charge on any atom is -0.497 e. The minimum atomic E-state index is -1.30. The summed E-state index contributed by atoms with van der Waals surface area (Å²) in [5.41, 5.74) is 0.649. The molecule has 1 amide bonds. The summed E-state index contributed by atoms with van der Waals surface area (Å²) in [6.07, 6.45) is 2.79. The standard InChI is InChI=1S/C17H15NO6S/c1-9-13(16(20)21)15(25-14(9)17(22)23)18-12(19)8-5-10-3-6-11(24-2)7-4-10/h3-8H,1-2H3,(H,18,19)(H,20,21)(H,22,23)/b8-5+. The quantitative estimate of drug-likeness (QED) is 0.682. The number of carbonyl (C=O) groups excluding carboxylic acids is 1. The number of methoxy groups -OCH3 is 1. The molecule has 1 aromatic carbocycles. The largest absolute Gasteiger partial charge is 0.497 e. The van der Waals surface area contributed by atoms with E-state index >= 15 is 0 Å². The second kappa shape index (κ2) is 7.63. The fourth-order valence-corrected chi connectivity index (χ4v) is 3.14. The third-order valence-electron chi connectivity index (χ3n) is 3.33. The highest BCUT2D eigenvalue weighted by Gasteiger charge is 2.24. The lowest BCUT2D eigenvalue weighted by molar-refractivity contribution is -0.111. The van der Waals surface area contributed by atoms with Crippen LogP contribution in [0.15, 0.2) is 30.3 Å². The highest BCUT2D eigenvalue weighted by molar-refractivity contribution is 7.18. The molecule has 0 atom stereocenters. The number of aromatic carboxylic acids is 2. The number of hydrogen-bond donors (Lipinski definition) is 3. The minimum absolute atomic E-state index is 0.00761. The molecule has 0 aliphatic heterocycles. The molecule has 0 unspecified atom stereocenters. The molecule has 0 aliphatic rings. The van der Waals surface area contributed by atoms with Gasteiger partial charge in [0, 0.05) is 6.08 Å². The lowest BCUT2D eigenvalue weighted by Crippen LogP contribution is -2.10. The number of carboxylic acid groups (broad SMARTS) is 2. The molecular weight excluding hydrogens is 346 g/mol. The Labute approximate surface area is 147 Å². The van der Waals surface area contributed by atoms with Crippen molar-refractivity contribution in [1.29, 1.82) is 0 Å². The molecular formula is C17H15NO6S. The molecule has 0 spiro atoms. The molecule has 1 aromatic heterocycles. The van der Waals surface area contributed by atoms with Crippen molar-refractivity contribution < 1.29 is 29.3 Å². The summed E-state index contributed by atoms with van der Waals surface area (Å²) in [6, 6.07) is 6.98. The van der Waals surface area contributed by atoms with Gasteiger partial charge in [-0.1, -0.05) is 12.1 Å². The van der Waals surface area contributed by atoms with Gasteiger partial charge in [-0.3, -0.25) is 4.79 Å². The van der Waals surface area contributed by atoms with E-state index in [4.69, 9.17) is 9.84 Å². The zero-order chi connectivity index (χ0) is 18.6. The SMILES string of the molecule is COc1ccc(/C=C/C(=O)Nc2sc(C(=O)O)c(C)c2C(=O)O)cc1. The van der Waals surface area contributed by atoms with E-state index in [0.717, 1.165) is 5.56 Å². The van der Waals surface area contributed by atoms with E-state index < -0.39 is 17.8 Å². The first-order valence-corrected chi connectivity index (χ1v) is 7.88. The number of carboxylic acids is 2. The van der Waals surface area contributed by atoms with Gasteiger partial charge < -0.3 is 20.3 Å². The number of nitrogens with one attached hydrogen (secondary N) is 1. The third-order valence-corrected chi connectivity index (χ3v) is 4.53. The lowest BCUT2D eigenvalue weighted by atomic mass is 10.1. The molecule has 1 heterocycles. The molecule has 0 aliphatic carbocycles. The fourth-order valence-electron chi connectivity index (χ4n) is 2.10. The summed E-state index contributed by atoms with van der Waals surface area (Å²) in [7, 11) is 1.55. The number of anilines is 1. The average Bonchev–Trinajstić information content (AvgIpc) is 2.90. The maximum atomic E-state index is 12.0. The number of benzene rings is 1. The van der Waals surface area contributed by atoms with E-state index in [9.17, 15) is 19.5 Å². The molecule has 130 valence electrons. The topological polar surface area (TPSA) is 113 Å². The van der Waals surface area contributed by atoms with Gasteiger partial charge in [-0.2, -0.15) is 0 Å². The van der Waals surface area contributed by atoms with E-state index in [-0.39, 0.29) is 21.0 Å². The van der Waals surface area contributed by atoms with Crippen LogP contribution in [-0.4, -0.2) is 35.2 Å². The second-order valence-corrected chi connectivity index (χ2v) is 5.99. The first kappa shape index (κ1) is 18.2. The average molecular weight is 361 g/mol. The molecule has 3 N–H and O–H groups in total. The Balaban J connectivity index is 2.19. The Hall–Kier alpha value is -3.13. The highest BCUT2D eigenvalue weighted by Crippen LogP contribution is 2.33. The molecule has 0 saturated carbocycles. The third kappa shape index (κ3) is 4.24. The smallest absolute Gasteiger partial charge is 0.346 e. The van der Waals surface area contributed by atoms with Crippen molar-refractivity contribution in [1.82, 2.24) is 0 Å². The van der Waals surface area contributed by atoms with Crippen molar-refractivity contribution in [2.45, 2.75) is 6.92 Å². The van der Waals surface area contributed by atoms with Crippen LogP contribution in [0.2, 0.25) is 0 Å². The Morgan fingerprint density at radius 3 is 2.28 bits per heavy atom. The monoisotopic (exact) mass is 361 g/mol. The Kier molecular flexibility index (Phi) is 5.56. The van der Waals surface area contributed by atoms with Crippen LogP contribution in [0.5, 0.6) is 5.75 Å². The van der Waals surface area contributed by atoms with Crippen molar-refractivity contribution in [3.63, 3.8) is 0 Å². The zero-order valence-corrected chi connectivity index (χ0v) is 14.2. The van der Waals surface area contributed by atoms with Gasteiger partial charge in [0.2, 0.25) is 5.91 Å². The summed E-state index contributed by atoms with van der Waals surface area (Å²) in [4.78, 5) is 34.4. The van der Waals surface area contributed by atoms with Gasteiger partial charge in [0.15, 0.2) is 0 Å². The zero-order valence-electron chi connectivity index (χ0n) is 13.4. The summed E-state index contributed by atoms with van der Waals surface area (Å²) in [5.74, 6) is -2.41. The van der Waals surface area contributed by atoms with E-state index in [1.807, 2.05) is 0 Å². The summed E-state index contributed by atoms with van der Waals surface area (Å²) in [5, 5.41) is 20.8. The summed E-state index contributed by atoms with van der Waals surface area (Å²) >= 11 is 0.715. The van der Waals surface area contributed by atoms with E-state index in [1.165, 1.54) is 13.0 Å². The lowest BCUT2D eigenvalue weighted by Gasteiger charge is -2.02. The molecule has 0 bridgehead atoms. The Morgan fingerprint density at radius 1 is 1.12 bits per heavy atom. The summed E-state index contributed by atoms with van der Waals surface area (Å²) < 4.78 is 5.04. The Bertz CT molecular complexity index is 851. The van der Waals surface area contributed by atoms with Crippen LogP contribution in [0, 0.1) is 6.92 Å². The molecule has 0 saturated heterocycles. The van der Waals surface area contributed by atoms with Crippen molar-refractivity contribution in [2.24, 2.45) is 0 Å². The molecule has 0 radical (unpaired) electrons. The van der Waals surface area contributed by atoms with Crippen molar-refractivity contribution in [3.05, 3.63) is 51.9 Å². The van der Waals surface area contributed by atoms with Gasteiger partial charge in [0.05, 0.1) is 12.7 Å². The van der Waals surface area contributed by atoms with Crippen LogP contribution in [0.1, 0.15) is 31.2 Å². The van der Waals surface area contributed by atoms with Gasteiger partial charge in [0.25, 0.3) is 0 Å². The molecule has 8 heteroatoms. The second-order valence-electron chi connectivity index (χ2n) is 4.97. The van der Waals surface area contributed by atoms with Crippen LogP contribution >= 0.6 is 11.3 Å². The number of amides is 1. The molecule has 7 nitrogen and oxygen atoms in total. The number of ether oxygens (including phenoxy) is 1.